The summed E-state index contributed by atoms with van der Waals surface area (Å²) in [5.74, 6) is 1.30. The van der Waals surface area contributed by atoms with Crippen LogP contribution in [0, 0.1) is 11.7 Å². The lowest BCUT2D eigenvalue weighted by Gasteiger charge is -2.32. The van der Waals surface area contributed by atoms with E-state index < -0.39 is 15.7 Å². The van der Waals surface area contributed by atoms with Gasteiger partial charge in [0.1, 0.15) is 11.6 Å². The molecule has 0 unspecified atom stereocenters. The second-order valence-electron chi connectivity index (χ2n) is 9.63. The van der Waals surface area contributed by atoms with E-state index >= 15 is 0 Å². The molecule has 0 amide bonds. The number of aromatic nitrogens is 2. The molecular weight excluding hydrogens is 417 g/mol. The van der Waals surface area contributed by atoms with Crippen molar-refractivity contribution in [2.75, 3.05) is 30.9 Å². The quantitative estimate of drug-likeness (QED) is 0.600. The van der Waals surface area contributed by atoms with Crippen molar-refractivity contribution < 1.29 is 17.5 Å². The van der Waals surface area contributed by atoms with Crippen molar-refractivity contribution in [3.05, 3.63) is 41.3 Å². The second kappa shape index (κ2) is 9.59. The number of rotatable bonds is 8. The van der Waals surface area contributed by atoms with E-state index in [1.54, 1.807) is 6.07 Å². The largest absolute Gasteiger partial charge is 0.493 e. The van der Waals surface area contributed by atoms with Crippen LogP contribution in [0.5, 0.6) is 5.75 Å². The number of hydrogen-bond donors (Lipinski definition) is 1. The number of H-pyrrole nitrogens is 1. The van der Waals surface area contributed by atoms with Crippen LogP contribution in [-0.2, 0) is 21.0 Å². The normalized spacial score (nSPS) is 16.0. The highest BCUT2D eigenvalue weighted by molar-refractivity contribution is 7.89. The van der Waals surface area contributed by atoms with Crippen molar-refractivity contribution >= 4 is 15.7 Å². The molecule has 1 aliphatic heterocycles. The van der Waals surface area contributed by atoms with E-state index in [9.17, 15) is 12.8 Å². The summed E-state index contributed by atoms with van der Waals surface area (Å²) in [5, 5.41) is 7.66. The van der Waals surface area contributed by atoms with E-state index in [2.05, 4.69) is 41.9 Å². The Morgan fingerprint density at radius 3 is 2.52 bits per heavy atom. The number of halogens is 1. The van der Waals surface area contributed by atoms with Crippen molar-refractivity contribution in [3.63, 3.8) is 0 Å². The Morgan fingerprint density at radius 1 is 1.23 bits per heavy atom. The van der Waals surface area contributed by atoms with Crippen molar-refractivity contribution in [2.45, 2.75) is 57.6 Å². The molecule has 1 N–H and O–H groups in total. The number of anilines is 1. The van der Waals surface area contributed by atoms with E-state index in [1.165, 1.54) is 12.1 Å². The molecule has 31 heavy (non-hydrogen) atoms. The summed E-state index contributed by atoms with van der Waals surface area (Å²) in [6.07, 6.45) is 5.35. The third-order valence-corrected chi connectivity index (χ3v) is 6.61. The van der Waals surface area contributed by atoms with E-state index in [1.807, 2.05) is 0 Å². The average molecular weight is 452 g/mol. The van der Waals surface area contributed by atoms with E-state index in [4.69, 9.17) is 4.74 Å². The number of hydrogen-bond acceptors (Lipinski definition) is 5. The Balaban J connectivity index is 1.39. The van der Waals surface area contributed by atoms with Crippen LogP contribution in [0.1, 0.15) is 57.7 Å². The predicted molar refractivity (Wildman–Crippen MR) is 122 cm³/mol. The van der Waals surface area contributed by atoms with Crippen molar-refractivity contribution in [1.82, 2.24) is 10.2 Å². The number of nitrogens with one attached hydrogen (secondary N) is 1. The van der Waals surface area contributed by atoms with E-state index in [0.29, 0.717) is 18.3 Å². The molecule has 1 aromatic carbocycles. The standard InChI is InChI=1S/C23H34FN3O3S/c1-23(2,3)21-15-22(26-25-21)27-11-9-17(10-12-27)6-5-13-30-19-8-7-18(20(24)14-19)16-31(4,28)29/h7-8,14-15,17H,5-6,9-13,16H2,1-4H3,(H,25,26). The average Bonchev–Trinajstić information content (AvgIpc) is 3.17. The lowest BCUT2D eigenvalue weighted by molar-refractivity contribution is 0.278. The molecule has 0 bridgehead atoms. The zero-order valence-electron chi connectivity index (χ0n) is 18.9. The van der Waals surface area contributed by atoms with Crippen LogP contribution in [0.25, 0.3) is 0 Å². The van der Waals surface area contributed by atoms with E-state index in [0.717, 1.165) is 56.5 Å². The van der Waals surface area contributed by atoms with Crippen molar-refractivity contribution in [3.8, 4) is 5.75 Å². The van der Waals surface area contributed by atoms with Gasteiger partial charge in [-0.1, -0.05) is 26.8 Å². The first-order valence-corrected chi connectivity index (χ1v) is 13.0. The maximum absolute atomic E-state index is 14.1. The molecule has 0 radical (unpaired) electrons. The zero-order chi connectivity index (χ0) is 22.6. The van der Waals surface area contributed by atoms with Gasteiger partial charge in [0, 0.05) is 48.2 Å². The van der Waals surface area contributed by atoms with Gasteiger partial charge in [0.25, 0.3) is 0 Å². The summed E-state index contributed by atoms with van der Waals surface area (Å²) < 4.78 is 42.4. The summed E-state index contributed by atoms with van der Waals surface area (Å²) >= 11 is 0. The molecule has 0 saturated carbocycles. The van der Waals surface area contributed by atoms with Crippen LogP contribution in [0.3, 0.4) is 0 Å². The highest BCUT2D eigenvalue weighted by Crippen LogP contribution is 2.28. The van der Waals surface area contributed by atoms with Gasteiger partial charge in [-0.3, -0.25) is 5.10 Å². The van der Waals surface area contributed by atoms with Gasteiger partial charge < -0.3 is 9.64 Å². The Kier molecular flexibility index (Phi) is 7.29. The molecule has 2 aromatic rings. The van der Waals surface area contributed by atoms with Crippen LogP contribution >= 0.6 is 0 Å². The molecule has 2 heterocycles. The summed E-state index contributed by atoms with van der Waals surface area (Å²) in [7, 11) is -3.26. The van der Waals surface area contributed by atoms with Gasteiger partial charge in [-0.25, -0.2) is 12.8 Å². The zero-order valence-corrected chi connectivity index (χ0v) is 19.8. The topological polar surface area (TPSA) is 75.3 Å². The van der Waals surface area contributed by atoms with Crippen molar-refractivity contribution in [2.24, 2.45) is 5.92 Å². The molecule has 1 fully saturated rings. The molecule has 0 atom stereocenters. The smallest absolute Gasteiger partial charge is 0.151 e. The molecule has 0 spiro atoms. The summed E-state index contributed by atoms with van der Waals surface area (Å²) in [6.45, 7) is 9.07. The minimum Gasteiger partial charge on any atom is -0.493 e. The first kappa shape index (κ1) is 23.6. The Hall–Kier alpha value is -2.09. The molecule has 1 saturated heterocycles. The molecule has 1 aromatic heterocycles. The Bertz CT molecular complexity index is 974. The lowest BCUT2D eigenvalue weighted by atomic mass is 9.91. The molecular formula is C23H34FN3O3S. The van der Waals surface area contributed by atoms with Crippen molar-refractivity contribution in [1.29, 1.82) is 0 Å². The molecule has 172 valence electrons. The molecule has 6 nitrogen and oxygen atoms in total. The Morgan fingerprint density at radius 2 is 1.94 bits per heavy atom. The Labute approximate surface area is 185 Å². The first-order chi connectivity index (χ1) is 14.5. The summed E-state index contributed by atoms with van der Waals surface area (Å²) in [6, 6.07) is 6.56. The fraction of sp³-hybridized carbons (Fsp3) is 0.609. The van der Waals surface area contributed by atoms with Gasteiger partial charge in [-0.05, 0) is 37.7 Å². The third kappa shape index (κ3) is 6.95. The number of aromatic amines is 1. The fourth-order valence-electron chi connectivity index (χ4n) is 3.89. The molecule has 0 aliphatic carbocycles. The fourth-order valence-corrected chi connectivity index (χ4v) is 4.69. The van der Waals surface area contributed by atoms with Gasteiger partial charge in [0.2, 0.25) is 0 Å². The summed E-state index contributed by atoms with van der Waals surface area (Å²) in [4.78, 5) is 2.35. The van der Waals surface area contributed by atoms with Gasteiger partial charge in [-0.2, -0.15) is 5.10 Å². The number of piperidine rings is 1. The van der Waals surface area contributed by atoms with Crippen LogP contribution < -0.4 is 9.64 Å². The minimum atomic E-state index is -3.26. The maximum Gasteiger partial charge on any atom is 0.151 e. The van der Waals surface area contributed by atoms with Gasteiger partial charge in [0.15, 0.2) is 15.7 Å². The maximum atomic E-state index is 14.1. The van der Waals surface area contributed by atoms with Gasteiger partial charge >= 0.3 is 0 Å². The first-order valence-electron chi connectivity index (χ1n) is 10.9. The molecule has 1 aliphatic rings. The monoisotopic (exact) mass is 451 g/mol. The highest BCUT2D eigenvalue weighted by atomic mass is 32.2. The minimum absolute atomic E-state index is 0.0700. The lowest BCUT2D eigenvalue weighted by Crippen LogP contribution is -2.34. The SMILES string of the molecule is CC(C)(C)c1cc(N2CCC(CCCOc3ccc(CS(C)(=O)=O)c(F)c3)CC2)n[nH]1. The van der Waals surface area contributed by atoms with Gasteiger partial charge in [0.05, 0.1) is 12.4 Å². The van der Waals surface area contributed by atoms with Gasteiger partial charge in [-0.15, -0.1) is 0 Å². The van der Waals surface area contributed by atoms with Crippen LogP contribution in [0.2, 0.25) is 0 Å². The van der Waals surface area contributed by atoms with Crippen LogP contribution in [-0.4, -0.2) is 44.6 Å². The highest BCUT2D eigenvalue weighted by Gasteiger charge is 2.23. The van der Waals surface area contributed by atoms with E-state index in [-0.39, 0.29) is 16.7 Å². The van der Waals surface area contributed by atoms with Crippen LogP contribution in [0.15, 0.2) is 24.3 Å². The number of ether oxygens (including phenoxy) is 1. The number of sulfone groups is 1. The number of benzene rings is 1. The predicted octanol–water partition coefficient (Wildman–Crippen LogP) is 4.47. The summed E-state index contributed by atoms with van der Waals surface area (Å²) in [5.41, 5.74) is 1.40. The van der Waals surface area contributed by atoms with Crippen LogP contribution in [0.4, 0.5) is 10.2 Å². The molecule has 3 rings (SSSR count). The third-order valence-electron chi connectivity index (χ3n) is 5.78. The second-order valence-corrected chi connectivity index (χ2v) is 11.8. The number of nitrogens with zero attached hydrogens (tertiary/aromatic N) is 2. The molecule has 8 heteroatoms.